The van der Waals surface area contributed by atoms with Crippen molar-refractivity contribution in [2.75, 3.05) is 11.9 Å². The summed E-state index contributed by atoms with van der Waals surface area (Å²) in [5.74, 6) is -0.758. The van der Waals surface area contributed by atoms with Crippen molar-refractivity contribution in [3.05, 3.63) is 75.3 Å². The van der Waals surface area contributed by atoms with Crippen molar-refractivity contribution in [2.45, 2.75) is 36.5 Å². The van der Waals surface area contributed by atoms with Crippen LogP contribution in [0.1, 0.15) is 45.3 Å². The third-order valence-electron chi connectivity index (χ3n) is 5.56. The summed E-state index contributed by atoms with van der Waals surface area (Å²) in [6.07, 6.45) is 2.93. The molecule has 4 rings (SSSR count). The van der Waals surface area contributed by atoms with Crippen LogP contribution in [0.2, 0.25) is 5.02 Å². The number of aryl methyl sites for hydroxylation is 1. The highest BCUT2D eigenvalue weighted by atomic mass is 35.5. The minimum Gasteiger partial charge on any atom is -0.355 e. The highest BCUT2D eigenvalue weighted by Gasteiger charge is 2.30. The van der Waals surface area contributed by atoms with Crippen LogP contribution in [0, 0.1) is 0 Å². The maximum absolute atomic E-state index is 12.9. The van der Waals surface area contributed by atoms with Crippen LogP contribution in [-0.4, -0.2) is 31.8 Å². The van der Waals surface area contributed by atoms with E-state index < -0.39 is 10.0 Å². The zero-order valence-electron chi connectivity index (χ0n) is 18.1. The Morgan fingerprint density at radius 1 is 1.12 bits per heavy atom. The molecule has 0 bridgehead atoms. The molecule has 8 nitrogen and oxygen atoms in total. The average molecular weight is 519 g/mol. The minimum atomic E-state index is -3.73. The van der Waals surface area contributed by atoms with Gasteiger partial charge in [0.15, 0.2) is 5.13 Å². The van der Waals surface area contributed by atoms with Crippen LogP contribution in [-0.2, 0) is 27.7 Å². The number of carbonyl (C=O) groups excluding carboxylic acids is 2. The second-order valence-corrected chi connectivity index (χ2v) is 11.0. The Hall–Kier alpha value is -2.79. The number of sulfonamides is 1. The quantitative estimate of drug-likeness (QED) is 0.440. The van der Waals surface area contributed by atoms with E-state index in [1.165, 1.54) is 23.5 Å². The highest BCUT2D eigenvalue weighted by Crippen LogP contribution is 2.37. The van der Waals surface area contributed by atoms with Gasteiger partial charge < -0.3 is 5.32 Å². The van der Waals surface area contributed by atoms with Gasteiger partial charge in [-0.3, -0.25) is 14.9 Å². The number of nitrogens with one attached hydrogen (secondary N) is 2. The molecule has 1 unspecified atom stereocenters. The number of benzene rings is 2. The Morgan fingerprint density at radius 3 is 2.50 bits per heavy atom. The number of hydrogen-bond donors (Lipinski definition) is 3. The Labute approximate surface area is 206 Å². The summed E-state index contributed by atoms with van der Waals surface area (Å²) in [6.45, 7) is 0.406. The van der Waals surface area contributed by atoms with Crippen LogP contribution in [0.25, 0.3) is 0 Å². The lowest BCUT2D eigenvalue weighted by Gasteiger charge is -2.20. The molecule has 4 N–H and O–H groups in total. The van der Waals surface area contributed by atoms with Gasteiger partial charge in [-0.05, 0) is 67.6 Å². The van der Waals surface area contributed by atoms with Gasteiger partial charge in [0.25, 0.3) is 5.91 Å². The van der Waals surface area contributed by atoms with Crippen molar-refractivity contribution < 1.29 is 18.0 Å². The third kappa shape index (κ3) is 5.82. The van der Waals surface area contributed by atoms with Gasteiger partial charge in [-0.15, -0.1) is 11.3 Å². The molecule has 0 aliphatic heterocycles. The van der Waals surface area contributed by atoms with Crippen LogP contribution in [0.4, 0.5) is 5.13 Å². The van der Waals surface area contributed by atoms with Crippen LogP contribution in [0.15, 0.2) is 53.4 Å². The van der Waals surface area contributed by atoms with Crippen LogP contribution in [0.3, 0.4) is 0 Å². The fraction of sp³-hybridized carbons (Fsp3) is 0.261. The zero-order chi connectivity index (χ0) is 24.3. The molecule has 0 saturated heterocycles. The molecular formula is C23H23ClN4O4S2. The molecule has 1 heterocycles. The Balaban J connectivity index is 1.36. The molecule has 0 saturated carbocycles. The topological polar surface area (TPSA) is 131 Å². The van der Waals surface area contributed by atoms with Gasteiger partial charge in [-0.2, -0.15) is 0 Å². The lowest BCUT2D eigenvalue weighted by molar-refractivity contribution is -0.122. The molecule has 0 radical (unpaired) electrons. The fourth-order valence-electron chi connectivity index (χ4n) is 3.80. The number of rotatable bonds is 7. The number of aromatic nitrogens is 1. The molecular weight excluding hydrogens is 496 g/mol. The predicted molar refractivity (Wildman–Crippen MR) is 132 cm³/mol. The van der Waals surface area contributed by atoms with Crippen LogP contribution < -0.4 is 15.8 Å². The van der Waals surface area contributed by atoms with Gasteiger partial charge in [-0.1, -0.05) is 23.7 Å². The predicted octanol–water partition coefficient (Wildman–Crippen LogP) is 3.48. The Kier molecular flexibility index (Phi) is 7.32. The van der Waals surface area contributed by atoms with E-state index in [4.69, 9.17) is 16.7 Å². The average Bonchev–Trinajstić information content (AvgIpc) is 3.21. The molecule has 1 aliphatic carbocycles. The van der Waals surface area contributed by atoms with E-state index in [1.54, 1.807) is 36.4 Å². The molecule has 2 aromatic carbocycles. The van der Waals surface area contributed by atoms with Gasteiger partial charge in [0, 0.05) is 22.0 Å². The van der Waals surface area contributed by atoms with Gasteiger partial charge in [0.05, 0.1) is 16.5 Å². The number of nitrogens with two attached hydrogens (primary N) is 1. The number of primary sulfonamides is 1. The summed E-state index contributed by atoms with van der Waals surface area (Å²) in [4.78, 5) is 31.0. The molecule has 11 heteroatoms. The van der Waals surface area contributed by atoms with E-state index in [0.717, 1.165) is 29.0 Å². The van der Waals surface area contributed by atoms with Crippen molar-refractivity contribution in [1.82, 2.24) is 10.3 Å². The normalized spacial score (nSPS) is 15.4. The van der Waals surface area contributed by atoms with E-state index in [2.05, 4.69) is 15.6 Å². The number of thiazole rings is 1. The lowest BCUT2D eigenvalue weighted by Crippen LogP contribution is -2.32. The van der Waals surface area contributed by atoms with Crippen molar-refractivity contribution in [3.8, 4) is 0 Å². The largest absolute Gasteiger partial charge is 0.355 e. The van der Waals surface area contributed by atoms with Crippen LogP contribution >= 0.6 is 22.9 Å². The number of nitrogens with zero attached hydrogens (tertiary/aromatic N) is 1. The summed E-state index contributed by atoms with van der Waals surface area (Å²) in [5.41, 5.74) is 2.08. The van der Waals surface area contributed by atoms with Crippen molar-refractivity contribution >= 4 is 49.9 Å². The molecule has 2 amide bonds. The first-order valence-electron chi connectivity index (χ1n) is 10.7. The molecule has 0 fully saturated rings. The molecule has 1 aromatic heterocycles. The van der Waals surface area contributed by atoms with Crippen molar-refractivity contribution in [2.24, 2.45) is 5.14 Å². The second kappa shape index (κ2) is 10.2. The minimum absolute atomic E-state index is 0.0533. The van der Waals surface area contributed by atoms with Crippen LogP contribution in [0.5, 0.6) is 0 Å². The maximum atomic E-state index is 12.9. The monoisotopic (exact) mass is 518 g/mol. The first-order valence-corrected chi connectivity index (χ1v) is 13.4. The molecule has 178 valence electrons. The summed E-state index contributed by atoms with van der Waals surface area (Å²) >= 11 is 7.28. The SMILES string of the molecule is NS(=O)(=O)c1ccc(CCNC(=O)C2CCCc3sc(NC(=O)c4ccc(Cl)cc4)nc32)cc1. The number of carbonyl (C=O) groups is 2. The van der Waals surface area contributed by atoms with E-state index in [1.807, 2.05) is 0 Å². The number of amides is 2. The molecule has 0 spiro atoms. The van der Waals surface area contributed by atoms with E-state index in [-0.39, 0.29) is 22.6 Å². The first kappa shape index (κ1) is 24.3. The fourth-order valence-corrected chi connectivity index (χ4v) is 5.50. The van der Waals surface area contributed by atoms with Gasteiger partial charge in [0.2, 0.25) is 15.9 Å². The van der Waals surface area contributed by atoms with E-state index in [0.29, 0.717) is 35.1 Å². The smallest absolute Gasteiger partial charge is 0.257 e. The van der Waals surface area contributed by atoms with E-state index in [9.17, 15) is 18.0 Å². The molecule has 1 atom stereocenters. The molecule has 3 aromatic rings. The second-order valence-electron chi connectivity index (χ2n) is 7.96. The lowest BCUT2D eigenvalue weighted by atomic mass is 9.90. The number of hydrogen-bond acceptors (Lipinski definition) is 6. The first-order chi connectivity index (χ1) is 16.2. The number of fused-ring (bicyclic) bond motifs is 1. The number of halogens is 1. The maximum Gasteiger partial charge on any atom is 0.257 e. The summed E-state index contributed by atoms with van der Waals surface area (Å²) < 4.78 is 22.7. The van der Waals surface area contributed by atoms with Crippen molar-refractivity contribution in [1.29, 1.82) is 0 Å². The zero-order valence-corrected chi connectivity index (χ0v) is 20.5. The molecule has 34 heavy (non-hydrogen) atoms. The summed E-state index contributed by atoms with van der Waals surface area (Å²) in [5, 5.41) is 11.9. The third-order valence-corrected chi connectivity index (χ3v) is 7.79. The number of anilines is 1. The van der Waals surface area contributed by atoms with Gasteiger partial charge in [0.1, 0.15) is 0 Å². The van der Waals surface area contributed by atoms with Gasteiger partial charge >= 0.3 is 0 Å². The Morgan fingerprint density at radius 2 is 1.82 bits per heavy atom. The summed E-state index contributed by atoms with van der Waals surface area (Å²) in [6, 6.07) is 12.9. The van der Waals surface area contributed by atoms with Gasteiger partial charge in [-0.25, -0.2) is 18.5 Å². The van der Waals surface area contributed by atoms with E-state index >= 15 is 0 Å². The summed E-state index contributed by atoms with van der Waals surface area (Å²) in [7, 11) is -3.73. The molecule has 1 aliphatic rings. The van der Waals surface area contributed by atoms with Crippen molar-refractivity contribution in [3.63, 3.8) is 0 Å². The highest BCUT2D eigenvalue weighted by molar-refractivity contribution is 7.89. The standard InChI is InChI=1S/C23H23ClN4O4S2/c24-16-8-6-15(7-9-16)21(29)28-23-27-20-18(2-1-3-19(20)33-23)22(30)26-13-12-14-4-10-17(11-5-14)34(25,31)32/h4-11,18H,1-3,12-13H2,(H,26,30)(H2,25,31,32)(H,27,28,29). The Bertz CT molecular complexity index is 1310.